The highest BCUT2D eigenvalue weighted by Crippen LogP contribution is 2.21. The zero-order valence-corrected chi connectivity index (χ0v) is 10.00. The van der Waals surface area contributed by atoms with E-state index in [1.807, 2.05) is 12.3 Å². The molecule has 5 heteroatoms. The summed E-state index contributed by atoms with van der Waals surface area (Å²) in [5.41, 5.74) is 2.50. The van der Waals surface area contributed by atoms with Gasteiger partial charge in [-0.25, -0.2) is 10.2 Å². The smallest absolute Gasteiger partial charge is 0.274 e. The van der Waals surface area contributed by atoms with Gasteiger partial charge in [0.1, 0.15) is 0 Å². The van der Waals surface area contributed by atoms with Crippen LogP contribution in [0.4, 0.5) is 4.39 Å². The van der Waals surface area contributed by atoms with Gasteiger partial charge in [0.15, 0.2) is 17.7 Å². The first kappa shape index (κ1) is 13.4. The molecule has 1 aromatic carbocycles. The minimum Gasteiger partial charge on any atom is -0.477 e. The van der Waals surface area contributed by atoms with Crippen LogP contribution in [0.5, 0.6) is 5.75 Å². The number of aryl methyl sites for hydroxylation is 1. The lowest BCUT2D eigenvalue weighted by Crippen LogP contribution is -2.42. The second kappa shape index (κ2) is 6.20. The lowest BCUT2D eigenvalue weighted by molar-refractivity contribution is -0.128. The summed E-state index contributed by atoms with van der Waals surface area (Å²) in [4.78, 5) is 11.4. The number of benzene rings is 1. The molecule has 0 saturated carbocycles. The van der Waals surface area contributed by atoms with Crippen molar-refractivity contribution in [1.29, 1.82) is 0 Å². The third kappa shape index (κ3) is 3.42. The summed E-state index contributed by atoms with van der Waals surface area (Å²) in [5.74, 6) is 4.23. The van der Waals surface area contributed by atoms with E-state index in [1.165, 1.54) is 6.07 Å². The Balaban J connectivity index is 2.85. The molecule has 1 rings (SSSR count). The van der Waals surface area contributed by atoms with Crippen molar-refractivity contribution in [3.05, 3.63) is 29.6 Å². The Morgan fingerprint density at radius 1 is 1.59 bits per heavy atom. The molecule has 0 spiro atoms. The molecule has 1 amide bonds. The van der Waals surface area contributed by atoms with Crippen LogP contribution in [-0.4, -0.2) is 12.0 Å². The van der Waals surface area contributed by atoms with E-state index in [4.69, 9.17) is 10.6 Å². The van der Waals surface area contributed by atoms with Crippen molar-refractivity contribution in [3.8, 4) is 5.75 Å². The molecule has 94 valence electrons. The van der Waals surface area contributed by atoms with E-state index < -0.39 is 17.8 Å². The van der Waals surface area contributed by atoms with Crippen molar-refractivity contribution in [2.24, 2.45) is 5.84 Å². The number of nitrogens with two attached hydrogens (primary N) is 1. The number of ether oxygens (including phenoxy) is 1. The fraction of sp³-hybridized carbons (Fsp3) is 0.417. The molecule has 0 radical (unpaired) electrons. The average Bonchev–Trinajstić information content (AvgIpc) is 2.33. The Morgan fingerprint density at radius 2 is 2.29 bits per heavy atom. The van der Waals surface area contributed by atoms with E-state index >= 15 is 0 Å². The number of nitrogens with one attached hydrogen (secondary N) is 1. The Bertz CT molecular complexity index is 396. The number of amides is 1. The van der Waals surface area contributed by atoms with Crippen molar-refractivity contribution in [2.45, 2.75) is 32.8 Å². The van der Waals surface area contributed by atoms with E-state index in [2.05, 4.69) is 0 Å². The minimum atomic E-state index is -0.763. The summed E-state index contributed by atoms with van der Waals surface area (Å²) in [6, 6.07) is 4.81. The molecule has 0 aliphatic carbocycles. The summed E-state index contributed by atoms with van der Waals surface area (Å²) in [5, 5.41) is 0. The largest absolute Gasteiger partial charge is 0.477 e. The van der Waals surface area contributed by atoms with Crippen LogP contribution in [-0.2, 0) is 4.79 Å². The van der Waals surface area contributed by atoms with Gasteiger partial charge < -0.3 is 4.74 Å². The first-order valence-electron chi connectivity index (χ1n) is 5.52. The topological polar surface area (TPSA) is 64.3 Å². The molecule has 0 aliphatic rings. The summed E-state index contributed by atoms with van der Waals surface area (Å²) < 4.78 is 19.0. The van der Waals surface area contributed by atoms with Crippen molar-refractivity contribution in [2.75, 3.05) is 0 Å². The summed E-state index contributed by atoms with van der Waals surface area (Å²) in [7, 11) is 0. The second-order valence-corrected chi connectivity index (χ2v) is 3.79. The van der Waals surface area contributed by atoms with Crippen molar-refractivity contribution >= 4 is 5.91 Å². The highest BCUT2D eigenvalue weighted by atomic mass is 19.1. The number of hydrogen-bond donors (Lipinski definition) is 2. The third-order valence-electron chi connectivity index (χ3n) is 2.41. The zero-order valence-electron chi connectivity index (χ0n) is 10.00. The second-order valence-electron chi connectivity index (χ2n) is 3.79. The Hall–Kier alpha value is -1.62. The molecule has 1 unspecified atom stereocenters. The van der Waals surface area contributed by atoms with Crippen LogP contribution in [0.3, 0.4) is 0 Å². The number of halogens is 1. The van der Waals surface area contributed by atoms with E-state index in [1.54, 1.807) is 19.1 Å². The average molecular weight is 240 g/mol. The van der Waals surface area contributed by atoms with Crippen LogP contribution >= 0.6 is 0 Å². The first-order valence-corrected chi connectivity index (χ1v) is 5.52. The Kier molecular flexibility index (Phi) is 4.90. The van der Waals surface area contributed by atoms with Crippen LogP contribution in [0, 0.1) is 12.7 Å². The van der Waals surface area contributed by atoms with Crippen LogP contribution in [0.1, 0.15) is 25.3 Å². The molecule has 0 aliphatic heterocycles. The number of hydrazine groups is 1. The predicted octanol–water partition coefficient (Wildman–Crippen LogP) is 1.67. The highest BCUT2D eigenvalue weighted by molar-refractivity contribution is 5.80. The molecule has 4 nitrogen and oxygen atoms in total. The molecule has 1 atom stereocenters. The molecule has 1 aromatic rings. The summed E-state index contributed by atoms with van der Waals surface area (Å²) in [6.45, 7) is 3.55. The third-order valence-corrected chi connectivity index (χ3v) is 2.41. The fourth-order valence-corrected chi connectivity index (χ4v) is 1.46. The monoisotopic (exact) mass is 240 g/mol. The van der Waals surface area contributed by atoms with E-state index in [0.29, 0.717) is 12.0 Å². The van der Waals surface area contributed by atoms with Gasteiger partial charge in [-0.1, -0.05) is 25.5 Å². The van der Waals surface area contributed by atoms with Crippen molar-refractivity contribution in [3.63, 3.8) is 0 Å². The lowest BCUT2D eigenvalue weighted by atomic mass is 10.2. The van der Waals surface area contributed by atoms with Gasteiger partial charge in [-0.2, -0.15) is 0 Å². The zero-order chi connectivity index (χ0) is 12.8. The highest BCUT2D eigenvalue weighted by Gasteiger charge is 2.20. The molecular formula is C12H17FN2O2. The maximum absolute atomic E-state index is 13.7. The fourth-order valence-electron chi connectivity index (χ4n) is 1.46. The summed E-state index contributed by atoms with van der Waals surface area (Å²) >= 11 is 0. The van der Waals surface area contributed by atoms with Gasteiger partial charge in [0, 0.05) is 0 Å². The van der Waals surface area contributed by atoms with Gasteiger partial charge in [0.2, 0.25) is 0 Å². The van der Waals surface area contributed by atoms with Gasteiger partial charge in [0.05, 0.1) is 0 Å². The lowest BCUT2D eigenvalue weighted by Gasteiger charge is -2.17. The minimum absolute atomic E-state index is 0.0760. The van der Waals surface area contributed by atoms with Crippen LogP contribution in [0.15, 0.2) is 18.2 Å². The van der Waals surface area contributed by atoms with Crippen LogP contribution < -0.4 is 16.0 Å². The quantitative estimate of drug-likeness (QED) is 0.467. The van der Waals surface area contributed by atoms with Gasteiger partial charge >= 0.3 is 0 Å². The van der Waals surface area contributed by atoms with Crippen LogP contribution in [0.2, 0.25) is 0 Å². The van der Waals surface area contributed by atoms with Gasteiger partial charge in [-0.05, 0) is 25.0 Å². The SMILES string of the molecule is CCCC(Oc1cccc(C)c1F)C(=O)NN. The first-order chi connectivity index (χ1) is 8.10. The molecule has 0 fully saturated rings. The maximum atomic E-state index is 13.7. The normalized spacial score (nSPS) is 12.0. The number of hydrogen-bond acceptors (Lipinski definition) is 3. The van der Waals surface area contributed by atoms with Crippen molar-refractivity contribution in [1.82, 2.24) is 5.43 Å². The van der Waals surface area contributed by atoms with Gasteiger partial charge in [-0.15, -0.1) is 0 Å². The molecule has 3 N–H and O–H groups in total. The summed E-state index contributed by atoms with van der Waals surface area (Å²) in [6.07, 6.45) is 0.461. The van der Waals surface area contributed by atoms with Crippen LogP contribution in [0.25, 0.3) is 0 Å². The molecular weight excluding hydrogens is 223 g/mol. The van der Waals surface area contributed by atoms with E-state index in [0.717, 1.165) is 6.42 Å². The van der Waals surface area contributed by atoms with E-state index in [9.17, 15) is 9.18 Å². The molecule has 0 heterocycles. The standard InChI is InChI=1S/C12H17FN2O2/c1-3-5-10(12(16)15-14)17-9-7-4-6-8(2)11(9)13/h4,6-7,10H,3,5,14H2,1-2H3,(H,15,16). The molecule has 0 saturated heterocycles. The number of carbonyl (C=O) groups is 1. The van der Waals surface area contributed by atoms with E-state index in [-0.39, 0.29) is 5.75 Å². The van der Waals surface area contributed by atoms with Crippen molar-refractivity contribution < 1.29 is 13.9 Å². The Labute approximate surface area is 99.9 Å². The molecule has 17 heavy (non-hydrogen) atoms. The van der Waals surface area contributed by atoms with Gasteiger partial charge in [0.25, 0.3) is 5.91 Å². The van der Waals surface area contributed by atoms with Gasteiger partial charge in [-0.3, -0.25) is 10.2 Å². The molecule has 0 bridgehead atoms. The Morgan fingerprint density at radius 3 is 2.88 bits per heavy atom. The number of rotatable bonds is 5. The maximum Gasteiger partial charge on any atom is 0.274 e. The predicted molar refractivity (Wildman–Crippen MR) is 62.8 cm³/mol. The molecule has 0 aromatic heterocycles. The number of carbonyl (C=O) groups excluding carboxylic acids is 1.